The lowest BCUT2D eigenvalue weighted by Crippen LogP contribution is -2.61. The quantitative estimate of drug-likeness (QED) is 0.814. The standard InChI is InChI=1S/C9H14F3N5O/c1-3-17-5-15-16-6(17)4-14-7(18)8(2,13)9(10,11)12/h5H,3-4,13H2,1-2H3,(H,14,18). The van der Waals surface area contributed by atoms with Crippen LogP contribution in [0.15, 0.2) is 6.33 Å². The third-order valence-electron chi connectivity index (χ3n) is 2.50. The predicted molar refractivity (Wildman–Crippen MR) is 56.2 cm³/mol. The number of nitrogens with two attached hydrogens (primary N) is 1. The average Bonchev–Trinajstić information content (AvgIpc) is 2.71. The van der Waals surface area contributed by atoms with Crippen LogP contribution in [-0.4, -0.2) is 32.4 Å². The van der Waals surface area contributed by atoms with Crippen LogP contribution in [0.3, 0.4) is 0 Å². The van der Waals surface area contributed by atoms with Gasteiger partial charge in [0.25, 0.3) is 0 Å². The van der Waals surface area contributed by atoms with Crippen molar-refractivity contribution < 1.29 is 18.0 Å². The van der Waals surface area contributed by atoms with Crippen LogP contribution in [0.25, 0.3) is 0 Å². The Labute approximate surface area is 101 Å². The summed E-state index contributed by atoms with van der Waals surface area (Å²) in [5.41, 5.74) is 2.04. The highest BCUT2D eigenvalue weighted by atomic mass is 19.4. The molecule has 0 fully saturated rings. The third kappa shape index (κ3) is 2.78. The Kier molecular flexibility index (Phi) is 3.95. The molecule has 0 aliphatic carbocycles. The van der Waals surface area contributed by atoms with E-state index in [4.69, 9.17) is 5.73 Å². The largest absolute Gasteiger partial charge is 0.415 e. The van der Waals surface area contributed by atoms with Crippen molar-refractivity contribution in [2.45, 2.75) is 38.7 Å². The van der Waals surface area contributed by atoms with Gasteiger partial charge in [-0.15, -0.1) is 10.2 Å². The van der Waals surface area contributed by atoms with Crippen LogP contribution in [0.4, 0.5) is 13.2 Å². The Hall–Kier alpha value is -1.64. The number of rotatable bonds is 4. The molecule has 102 valence electrons. The molecular formula is C9H14F3N5O. The van der Waals surface area contributed by atoms with Crippen LogP contribution in [0.5, 0.6) is 0 Å². The predicted octanol–water partition coefficient (Wildman–Crippen LogP) is 0.194. The van der Waals surface area contributed by atoms with E-state index in [0.29, 0.717) is 19.3 Å². The smallest absolute Gasteiger partial charge is 0.347 e. The number of amides is 1. The highest BCUT2D eigenvalue weighted by molar-refractivity contribution is 5.86. The first-order valence-electron chi connectivity index (χ1n) is 5.20. The maximum atomic E-state index is 12.5. The zero-order valence-corrected chi connectivity index (χ0v) is 9.95. The van der Waals surface area contributed by atoms with E-state index in [2.05, 4.69) is 15.5 Å². The molecule has 0 aliphatic rings. The highest BCUT2D eigenvalue weighted by Gasteiger charge is 2.53. The average molecular weight is 265 g/mol. The number of hydrogen-bond acceptors (Lipinski definition) is 4. The summed E-state index contributed by atoms with van der Waals surface area (Å²) in [4.78, 5) is 11.4. The SMILES string of the molecule is CCn1cnnc1CNC(=O)C(C)(N)C(F)(F)F. The van der Waals surface area contributed by atoms with Crippen molar-refractivity contribution in [1.82, 2.24) is 20.1 Å². The van der Waals surface area contributed by atoms with E-state index in [1.807, 2.05) is 6.92 Å². The molecule has 6 nitrogen and oxygen atoms in total. The van der Waals surface area contributed by atoms with Gasteiger partial charge in [0.2, 0.25) is 5.91 Å². The van der Waals surface area contributed by atoms with Crippen molar-refractivity contribution in [2.24, 2.45) is 5.73 Å². The second kappa shape index (κ2) is 4.92. The molecule has 0 radical (unpaired) electrons. The van der Waals surface area contributed by atoms with Crippen LogP contribution in [0.1, 0.15) is 19.7 Å². The van der Waals surface area contributed by atoms with E-state index in [0.717, 1.165) is 0 Å². The van der Waals surface area contributed by atoms with Gasteiger partial charge in [-0.2, -0.15) is 13.2 Å². The molecule has 0 bridgehead atoms. The molecular weight excluding hydrogens is 251 g/mol. The van der Waals surface area contributed by atoms with Crippen LogP contribution >= 0.6 is 0 Å². The first-order chi connectivity index (χ1) is 8.20. The van der Waals surface area contributed by atoms with Crippen LogP contribution in [0.2, 0.25) is 0 Å². The lowest BCUT2D eigenvalue weighted by molar-refractivity contribution is -0.187. The summed E-state index contributed by atoms with van der Waals surface area (Å²) in [5, 5.41) is 9.37. The topological polar surface area (TPSA) is 85.8 Å². The lowest BCUT2D eigenvalue weighted by Gasteiger charge is -2.25. The Bertz CT molecular complexity index is 426. The number of nitrogens with one attached hydrogen (secondary N) is 1. The van der Waals surface area contributed by atoms with Crippen molar-refractivity contribution >= 4 is 5.91 Å². The molecule has 0 saturated heterocycles. The molecule has 0 spiro atoms. The number of nitrogens with zero attached hydrogens (tertiary/aromatic N) is 3. The van der Waals surface area contributed by atoms with Gasteiger partial charge in [0.1, 0.15) is 6.33 Å². The summed E-state index contributed by atoms with van der Waals surface area (Å²) in [7, 11) is 0. The Morgan fingerprint density at radius 3 is 2.67 bits per heavy atom. The van der Waals surface area contributed by atoms with E-state index in [1.54, 1.807) is 4.57 Å². The van der Waals surface area contributed by atoms with Gasteiger partial charge in [-0.3, -0.25) is 4.79 Å². The van der Waals surface area contributed by atoms with Crippen molar-refractivity contribution in [1.29, 1.82) is 0 Å². The number of alkyl halides is 3. The number of carbonyl (C=O) groups is 1. The van der Waals surface area contributed by atoms with Crippen LogP contribution in [-0.2, 0) is 17.9 Å². The number of aromatic nitrogens is 3. The fourth-order valence-corrected chi connectivity index (χ4v) is 1.15. The molecule has 1 unspecified atom stereocenters. The van der Waals surface area contributed by atoms with Gasteiger partial charge in [0.05, 0.1) is 6.54 Å². The maximum absolute atomic E-state index is 12.5. The highest BCUT2D eigenvalue weighted by Crippen LogP contribution is 2.27. The van der Waals surface area contributed by atoms with Crippen molar-refractivity contribution in [2.75, 3.05) is 0 Å². The molecule has 0 saturated carbocycles. The van der Waals surface area contributed by atoms with Crippen LogP contribution in [0, 0.1) is 0 Å². The maximum Gasteiger partial charge on any atom is 0.415 e. The Morgan fingerprint density at radius 2 is 2.17 bits per heavy atom. The molecule has 9 heteroatoms. The summed E-state index contributed by atoms with van der Waals surface area (Å²) >= 11 is 0. The molecule has 0 aromatic carbocycles. The molecule has 1 amide bonds. The normalized spacial score (nSPS) is 15.2. The second-order valence-electron chi connectivity index (χ2n) is 3.92. The minimum absolute atomic E-state index is 0.157. The monoisotopic (exact) mass is 265 g/mol. The number of aryl methyl sites for hydroxylation is 1. The second-order valence-corrected chi connectivity index (χ2v) is 3.92. The minimum atomic E-state index is -4.81. The van der Waals surface area contributed by atoms with Crippen LogP contribution < -0.4 is 11.1 Å². The fourth-order valence-electron chi connectivity index (χ4n) is 1.15. The summed E-state index contributed by atoms with van der Waals surface area (Å²) in [6, 6.07) is 0. The van der Waals surface area contributed by atoms with Gasteiger partial charge in [0.15, 0.2) is 11.4 Å². The molecule has 1 atom stereocenters. The number of hydrogen-bond donors (Lipinski definition) is 2. The Balaban J connectivity index is 2.67. The van der Waals surface area contributed by atoms with E-state index < -0.39 is 17.6 Å². The molecule has 1 aromatic heterocycles. The molecule has 18 heavy (non-hydrogen) atoms. The summed E-state index contributed by atoms with van der Waals surface area (Å²) in [6.45, 7) is 2.83. The van der Waals surface area contributed by atoms with E-state index in [-0.39, 0.29) is 6.54 Å². The molecule has 1 rings (SSSR count). The number of halogens is 3. The third-order valence-corrected chi connectivity index (χ3v) is 2.50. The molecule has 0 aliphatic heterocycles. The van der Waals surface area contributed by atoms with Crippen molar-refractivity contribution in [3.8, 4) is 0 Å². The van der Waals surface area contributed by atoms with Gasteiger partial charge >= 0.3 is 6.18 Å². The Morgan fingerprint density at radius 1 is 1.56 bits per heavy atom. The summed E-state index contributed by atoms with van der Waals surface area (Å²) in [6.07, 6.45) is -3.39. The lowest BCUT2D eigenvalue weighted by atomic mass is 10.0. The summed E-state index contributed by atoms with van der Waals surface area (Å²) < 4.78 is 39.0. The zero-order chi connectivity index (χ0) is 14.0. The first-order valence-corrected chi connectivity index (χ1v) is 5.20. The van der Waals surface area contributed by atoms with Gasteiger partial charge in [-0.05, 0) is 13.8 Å². The van der Waals surface area contributed by atoms with Gasteiger partial charge < -0.3 is 15.6 Å². The van der Waals surface area contributed by atoms with Gasteiger partial charge in [-0.1, -0.05) is 0 Å². The van der Waals surface area contributed by atoms with Gasteiger partial charge in [0, 0.05) is 6.54 Å². The van der Waals surface area contributed by atoms with E-state index >= 15 is 0 Å². The van der Waals surface area contributed by atoms with Crippen molar-refractivity contribution in [3.05, 3.63) is 12.2 Å². The molecule has 3 N–H and O–H groups in total. The van der Waals surface area contributed by atoms with Gasteiger partial charge in [-0.25, -0.2) is 0 Å². The molecule has 1 heterocycles. The first kappa shape index (κ1) is 14.4. The molecule has 1 aromatic rings. The minimum Gasteiger partial charge on any atom is -0.347 e. The van der Waals surface area contributed by atoms with E-state index in [9.17, 15) is 18.0 Å². The van der Waals surface area contributed by atoms with Crippen molar-refractivity contribution in [3.63, 3.8) is 0 Å². The summed E-state index contributed by atoms with van der Waals surface area (Å²) in [5.74, 6) is -0.940. The van der Waals surface area contributed by atoms with E-state index in [1.165, 1.54) is 6.33 Å². The number of carbonyl (C=O) groups excluding carboxylic acids is 1. The zero-order valence-electron chi connectivity index (χ0n) is 9.95. The fraction of sp³-hybridized carbons (Fsp3) is 0.667.